The average Bonchev–Trinajstić information content (AvgIpc) is 2.38. The molecule has 1 N–H and O–H groups in total. The molecule has 13 heavy (non-hydrogen) atoms. The van der Waals surface area contributed by atoms with Gasteiger partial charge in [0.25, 0.3) is 0 Å². The first kappa shape index (κ1) is 12.2. The monoisotopic (exact) mass is 207 g/mol. The fourth-order valence-electron chi connectivity index (χ4n) is 0.570. The van der Waals surface area contributed by atoms with Crippen LogP contribution in [0.3, 0.4) is 0 Å². The maximum absolute atomic E-state index is 9.56. The molecule has 0 aliphatic heterocycles. The minimum Gasteiger partial charge on any atom is -0.357 e. The van der Waals surface area contributed by atoms with Crippen LogP contribution in [0.4, 0.5) is 0 Å². The Labute approximate surface area is 77.9 Å². The molecular formula is C7H13NO4S. The van der Waals surface area contributed by atoms with E-state index in [1.54, 1.807) is 0 Å². The smallest absolute Gasteiger partial charge is 0.357 e. The van der Waals surface area contributed by atoms with Crippen molar-refractivity contribution in [3.05, 3.63) is 24.5 Å². The molecule has 0 saturated carbocycles. The van der Waals surface area contributed by atoms with Crippen LogP contribution in [-0.4, -0.2) is 24.1 Å². The number of aryl methyl sites for hydroxylation is 1. The molecule has 0 saturated heterocycles. The van der Waals surface area contributed by atoms with Crippen molar-refractivity contribution in [2.24, 2.45) is 7.05 Å². The van der Waals surface area contributed by atoms with E-state index in [0.717, 1.165) is 0 Å². The molecule has 1 aromatic heterocycles. The first-order valence-corrected chi connectivity index (χ1v) is 5.01. The molecular weight excluding hydrogens is 194 g/mol. The second kappa shape index (κ2) is 5.74. The summed E-state index contributed by atoms with van der Waals surface area (Å²) in [4.78, 5) is 0. The van der Waals surface area contributed by atoms with Crippen LogP contribution in [0.1, 0.15) is 6.92 Å². The van der Waals surface area contributed by atoms with E-state index in [9.17, 15) is 8.42 Å². The maximum Gasteiger partial charge on any atom is 0.397 e. The van der Waals surface area contributed by atoms with Crippen LogP contribution in [0, 0.1) is 0 Å². The van der Waals surface area contributed by atoms with Crippen molar-refractivity contribution in [2.45, 2.75) is 6.92 Å². The van der Waals surface area contributed by atoms with Crippen LogP contribution in [0.25, 0.3) is 0 Å². The Hall–Kier alpha value is -0.850. The van der Waals surface area contributed by atoms with E-state index in [4.69, 9.17) is 4.55 Å². The van der Waals surface area contributed by atoms with E-state index in [0.29, 0.717) is 0 Å². The summed E-state index contributed by atoms with van der Waals surface area (Å²) in [5.74, 6) is 0. The van der Waals surface area contributed by atoms with Gasteiger partial charge in [-0.05, 0) is 19.1 Å². The molecule has 0 aliphatic rings. The van der Waals surface area contributed by atoms with E-state index < -0.39 is 10.4 Å². The van der Waals surface area contributed by atoms with Gasteiger partial charge in [-0.15, -0.1) is 0 Å². The lowest BCUT2D eigenvalue weighted by Gasteiger charge is -1.88. The molecule has 1 aromatic rings. The molecule has 0 radical (unpaired) electrons. The van der Waals surface area contributed by atoms with Crippen molar-refractivity contribution in [3.8, 4) is 0 Å². The second-order valence-corrected chi connectivity index (χ2v) is 3.27. The summed E-state index contributed by atoms with van der Waals surface area (Å²) in [5.41, 5.74) is 0. The van der Waals surface area contributed by atoms with Gasteiger partial charge < -0.3 is 4.57 Å². The zero-order valence-corrected chi connectivity index (χ0v) is 8.36. The van der Waals surface area contributed by atoms with Gasteiger partial charge in [0, 0.05) is 19.4 Å². The van der Waals surface area contributed by atoms with Gasteiger partial charge >= 0.3 is 10.4 Å². The molecule has 1 rings (SSSR count). The topological polar surface area (TPSA) is 68.5 Å². The third-order valence-corrected chi connectivity index (χ3v) is 1.55. The molecule has 0 unspecified atom stereocenters. The largest absolute Gasteiger partial charge is 0.397 e. The SMILES string of the molecule is CCOS(=O)(=O)O.Cn1cccc1. The van der Waals surface area contributed by atoms with Gasteiger partial charge in [0.15, 0.2) is 0 Å². The second-order valence-electron chi connectivity index (χ2n) is 2.18. The molecule has 76 valence electrons. The van der Waals surface area contributed by atoms with Crippen molar-refractivity contribution in [1.82, 2.24) is 4.57 Å². The molecule has 0 spiro atoms. The van der Waals surface area contributed by atoms with Gasteiger partial charge in [0.05, 0.1) is 6.61 Å². The van der Waals surface area contributed by atoms with Crippen LogP contribution in [-0.2, 0) is 21.6 Å². The lowest BCUT2D eigenvalue weighted by molar-refractivity contribution is 0.283. The predicted molar refractivity (Wildman–Crippen MR) is 48.6 cm³/mol. The predicted octanol–water partition coefficient (Wildman–Crippen LogP) is 0.851. The molecule has 5 nitrogen and oxygen atoms in total. The fourth-order valence-corrected chi connectivity index (χ4v) is 0.867. The number of hydrogen-bond acceptors (Lipinski definition) is 3. The maximum atomic E-state index is 9.56. The number of hydrogen-bond donors (Lipinski definition) is 1. The summed E-state index contributed by atoms with van der Waals surface area (Å²) in [5, 5.41) is 0. The average molecular weight is 207 g/mol. The van der Waals surface area contributed by atoms with Crippen molar-refractivity contribution in [1.29, 1.82) is 0 Å². The third-order valence-electron chi connectivity index (χ3n) is 1.02. The Balaban J connectivity index is 0.000000223. The van der Waals surface area contributed by atoms with Crippen LogP contribution < -0.4 is 0 Å². The van der Waals surface area contributed by atoms with E-state index in [-0.39, 0.29) is 6.61 Å². The highest BCUT2D eigenvalue weighted by molar-refractivity contribution is 7.80. The quantitative estimate of drug-likeness (QED) is 0.730. The van der Waals surface area contributed by atoms with Crippen LogP contribution >= 0.6 is 0 Å². The van der Waals surface area contributed by atoms with Crippen molar-refractivity contribution >= 4 is 10.4 Å². The highest BCUT2D eigenvalue weighted by atomic mass is 32.3. The van der Waals surface area contributed by atoms with Gasteiger partial charge in [0.2, 0.25) is 0 Å². The fraction of sp³-hybridized carbons (Fsp3) is 0.429. The standard InChI is InChI=1S/C5H7N.C2H6O4S/c1-6-4-2-3-5-6;1-2-6-7(3,4)5/h2-5H,1H3;2H2,1H3,(H,3,4,5). The zero-order valence-electron chi connectivity index (χ0n) is 7.54. The normalized spacial score (nSPS) is 10.4. The molecule has 0 fully saturated rings. The van der Waals surface area contributed by atoms with Crippen LogP contribution in [0.2, 0.25) is 0 Å². The molecule has 0 amide bonds. The summed E-state index contributed by atoms with van der Waals surface area (Å²) in [6.45, 7) is 1.44. The first-order chi connectivity index (χ1) is 5.95. The van der Waals surface area contributed by atoms with Gasteiger partial charge in [0.1, 0.15) is 0 Å². The lowest BCUT2D eigenvalue weighted by atomic mass is 10.7. The van der Waals surface area contributed by atoms with Crippen molar-refractivity contribution in [3.63, 3.8) is 0 Å². The van der Waals surface area contributed by atoms with Crippen molar-refractivity contribution < 1.29 is 17.2 Å². The summed E-state index contributed by atoms with van der Waals surface area (Å²) in [6, 6.07) is 4.00. The summed E-state index contributed by atoms with van der Waals surface area (Å²) in [7, 11) is -2.17. The Morgan fingerprint density at radius 3 is 1.92 bits per heavy atom. The Morgan fingerprint density at radius 1 is 1.38 bits per heavy atom. The Kier molecular flexibility index (Phi) is 5.36. The lowest BCUT2D eigenvalue weighted by Crippen LogP contribution is -2.01. The number of aromatic nitrogens is 1. The number of rotatable bonds is 2. The van der Waals surface area contributed by atoms with Gasteiger partial charge in [-0.25, -0.2) is 4.18 Å². The highest BCUT2D eigenvalue weighted by Gasteiger charge is 1.98. The van der Waals surface area contributed by atoms with E-state index >= 15 is 0 Å². The van der Waals surface area contributed by atoms with Gasteiger partial charge in [-0.2, -0.15) is 8.42 Å². The minimum atomic E-state index is -4.17. The van der Waals surface area contributed by atoms with Gasteiger partial charge in [-0.3, -0.25) is 4.55 Å². The molecule has 0 atom stereocenters. The van der Waals surface area contributed by atoms with E-state index in [1.807, 2.05) is 36.1 Å². The summed E-state index contributed by atoms with van der Waals surface area (Å²) < 4.78 is 32.7. The van der Waals surface area contributed by atoms with E-state index in [1.165, 1.54) is 6.92 Å². The van der Waals surface area contributed by atoms with Crippen LogP contribution in [0.5, 0.6) is 0 Å². The molecule has 0 bridgehead atoms. The molecule has 0 aromatic carbocycles. The Morgan fingerprint density at radius 2 is 1.85 bits per heavy atom. The highest BCUT2D eigenvalue weighted by Crippen LogP contribution is 1.81. The van der Waals surface area contributed by atoms with Crippen molar-refractivity contribution in [2.75, 3.05) is 6.61 Å². The third kappa shape index (κ3) is 9.06. The minimum absolute atomic E-state index is 0.0289. The molecule has 0 aliphatic carbocycles. The van der Waals surface area contributed by atoms with Gasteiger partial charge in [-0.1, -0.05) is 0 Å². The Bertz CT molecular complexity index is 303. The first-order valence-electron chi connectivity index (χ1n) is 3.64. The zero-order chi connectivity index (χ0) is 10.3. The summed E-state index contributed by atoms with van der Waals surface area (Å²) >= 11 is 0. The van der Waals surface area contributed by atoms with Crippen LogP contribution in [0.15, 0.2) is 24.5 Å². The number of nitrogens with zero attached hydrogens (tertiary/aromatic N) is 1. The molecule has 6 heteroatoms. The summed E-state index contributed by atoms with van der Waals surface area (Å²) in [6.07, 6.45) is 4.00. The van der Waals surface area contributed by atoms with E-state index in [2.05, 4.69) is 4.18 Å². The molecule has 1 heterocycles.